The van der Waals surface area contributed by atoms with Gasteiger partial charge in [-0.2, -0.15) is 0 Å². The third-order valence-corrected chi connectivity index (χ3v) is 20.2. The lowest BCUT2D eigenvalue weighted by atomic mass is 9.33. The number of rotatable bonds is 11. The minimum Gasteiger partial charge on any atom is -0.481 e. The minimum absolute atomic E-state index is 0.00364. The molecule has 5 fully saturated rings. The standard InChI is InChI=1S/C49H73N3O5S/c1-33(2)36-16-21-49(51-25-26-52-27-29-58(55,56)30-28-52)23-22-47(6)39(43(36)49)14-15-41-46(5)19-17-38(45(3,4)40(46)18-20-48(41,47)7)35-12-10-11-34(31-35)37(44(53)54)32-57-42-13-8-9-24-50-42/h8-9,13,17,24,31,34,36-37,39-41,43,51H,1,10-12,14-16,18-23,25-30,32H2,2-7H3,(H,53,54)/t34?,36-,37?,39+,40-,41+,43+,46-,47+,48+,49-/m0/s1. The maximum absolute atomic E-state index is 12.6. The van der Waals surface area contributed by atoms with Gasteiger partial charge in [0.1, 0.15) is 6.61 Å². The number of pyridine rings is 1. The molecule has 1 aromatic rings. The predicted octanol–water partition coefficient (Wildman–Crippen LogP) is 9.15. The number of ether oxygens (including phenoxy) is 1. The second-order valence-electron chi connectivity index (χ2n) is 21.5. The van der Waals surface area contributed by atoms with Crippen molar-refractivity contribution in [3.05, 3.63) is 59.8 Å². The van der Waals surface area contributed by atoms with Gasteiger partial charge in [-0.15, -0.1) is 0 Å². The molecule has 11 atom stereocenters. The smallest absolute Gasteiger partial charge is 0.310 e. The van der Waals surface area contributed by atoms with Gasteiger partial charge >= 0.3 is 5.97 Å². The van der Waals surface area contributed by atoms with Crippen LogP contribution in [0.1, 0.15) is 119 Å². The minimum atomic E-state index is -2.87. The van der Waals surface area contributed by atoms with Crippen molar-refractivity contribution in [3.63, 3.8) is 0 Å². The predicted molar refractivity (Wildman–Crippen MR) is 232 cm³/mol. The number of carboxylic acids is 1. The fraction of sp³-hybridized carbons (Fsp3) is 0.755. The Labute approximate surface area is 350 Å². The van der Waals surface area contributed by atoms with E-state index in [-0.39, 0.29) is 39.7 Å². The van der Waals surface area contributed by atoms with E-state index < -0.39 is 21.7 Å². The Morgan fingerprint density at radius 3 is 2.48 bits per heavy atom. The van der Waals surface area contributed by atoms with Crippen LogP contribution in [0.3, 0.4) is 0 Å². The lowest BCUT2D eigenvalue weighted by Crippen LogP contribution is -2.68. The molecule has 0 radical (unpaired) electrons. The Hall–Kier alpha value is -2.49. The molecular formula is C49H73N3O5S. The molecule has 1 saturated heterocycles. The molecule has 9 heteroatoms. The van der Waals surface area contributed by atoms with Gasteiger partial charge < -0.3 is 20.1 Å². The van der Waals surface area contributed by atoms with Gasteiger partial charge in [-0.25, -0.2) is 13.4 Å². The molecule has 0 spiro atoms. The molecule has 8 nitrogen and oxygen atoms in total. The molecule has 1 aromatic heterocycles. The van der Waals surface area contributed by atoms with Gasteiger partial charge in [0.2, 0.25) is 5.88 Å². The first-order chi connectivity index (χ1) is 27.4. The van der Waals surface area contributed by atoms with E-state index >= 15 is 0 Å². The number of sulfone groups is 1. The molecule has 0 amide bonds. The molecule has 320 valence electrons. The summed E-state index contributed by atoms with van der Waals surface area (Å²) in [5.74, 6) is 2.65. The number of hydrogen-bond acceptors (Lipinski definition) is 7. The van der Waals surface area contributed by atoms with Crippen LogP contribution in [-0.2, 0) is 14.6 Å². The molecular weight excluding hydrogens is 743 g/mol. The van der Waals surface area contributed by atoms with Gasteiger partial charge in [-0.05, 0) is 158 Å². The van der Waals surface area contributed by atoms with E-state index in [9.17, 15) is 18.3 Å². The van der Waals surface area contributed by atoms with Crippen molar-refractivity contribution in [1.82, 2.24) is 15.2 Å². The molecule has 58 heavy (non-hydrogen) atoms. The molecule has 2 N–H and O–H groups in total. The molecule has 1 aliphatic heterocycles. The SMILES string of the molecule is C=C(C)[C@@H]1CC[C@]2(NCCN3CCS(=O)(=O)CC3)CC[C@]3(C)[C@H](CC[C@@H]4[C@@]5(C)CC=C(C6=CC(C(COc7ccccn7)C(=O)O)CCC6)C(C)(C)[C@@H]5CC[C@]43C)[C@@H]12. The summed E-state index contributed by atoms with van der Waals surface area (Å²) >= 11 is 0. The Kier molecular flexibility index (Phi) is 11.2. The average molecular weight is 816 g/mol. The molecule has 6 aliphatic carbocycles. The van der Waals surface area contributed by atoms with Crippen LogP contribution < -0.4 is 10.1 Å². The van der Waals surface area contributed by atoms with E-state index in [0.717, 1.165) is 38.8 Å². The number of nitrogens with zero attached hydrogens (tertiary/aromatic N) is 2. The highest BCUT2D eigenvalue weighted by molar-refractivity contribution is 7.91. The topological polar surface area (TPSA) is 109 Å². The summed E-state index contributed by atoms with van der Waals surface area (Å²) in [7, 11) is -2.87. The largest absolute Gasteiger partial charge is 0.481 e. The van der Waals surface area contributed by atoms with Gasteiger partial charge in [-0.1, -0.05) is 65.0 Å². The highest BCUT2D eigenvalue weighted by Gasteiger charge is 2.70. The number of aliphatic carboxylic acids is 1. The van der Waals surface area contributed by atoms with Crippen molar-refractivity contribution in [2.75, 3.05) is 44.3 Å². The Morgan fingerprint density at radius 2 is 1.78 bits per heavy atom. The zero-order valence-electron chi connectivity index (χ0n) is 36.5. The van der Waals surface area contributed by atoms with E-state index in [1.165, 1.54) is 68.1 Å². The van der Waals surface area contributed by atoms with E-state index in [1.807, 2.05) is 12.1 Å². The lowest BCUT2D eigenvalue weighted by Gasteiger charge is -2.72. The third kappa shape index (κ3) is 7.07. The monoisotopic (exact) mass is 816 g/mol. The molecule has 0 bridgehead atoms. The maximum atomic E-state index is 12.6. The Bertz CT molecular complexity index is 1900. The fourth-order valence-electron chi connectivity index (χ4n) is 15.5. The Morgan fingerprint density at radius 1 is 1.00 bits per heavy atom. The summed E-state index contributed by atoms with van der Waals surface area (Å²) in [4.78, 5) is 19.2. The van der Waals surface area contributed by atoms with Gasteiger partial charge in [0.15, 0.2) is 9.84 Å². The van der Waals surface area contributed by atoms with Crippen LogP contribution in [0.4, 0.5) is 0 Å². The molecule has 4 saturated carbocycles. The van der Waals surface area contributed by atoms with Crippen LogP contribution in [0.15, 0.2) is 59.8 Å². The highest BCUT2D eigenvalue weighted by atomic mass is 32.2. The van der Waals surface area contributed by atoms with Crippen molar-refractivity contribution in [2.45, 2.75) is 124 Å². The van der Waals surface area contributed by atoms with E-state index in [4.69, 9.17) is 4.74 Å². The number of carbonyl (C=O) groups is 1. The van der Waals surface area contributed by atoms with Crippen molar-refractivity contribution in [2.24, 2.45) is 63.1 Å². The maximum Gasteiger partial charge on any atom is 0.310 e. The summed E-state index contributed by atoms with van der Waals surface area (Å²) in [5, 5.41) is 14.6. The molecule has 7 aliphatic rings. The second kappa shape index (κ2) is 15.4. The molecule has 0 aromatic carbocycles. The zero-order chi connectivity index (χ0) is 41.3. The summed E-state index contributed by atoms with van der Waals surface area (Å²) in [6.07, 6.45) is 20.7. The molecule has 2 unspecified atom stereocenters. The van der Waals surface area contributed by atoms with Gasteiger partial charge in [0.05, 0.1) is 17.4 Å². The van der Waals surface area contributed by atoms with Crippen LogP contribution in [-0.4, -0.2) is 79.2 Å². The number of allylic oxidation sites excluding steroid dienone is 5. The normalized spacial score (nSPS) is 41.1. The van der Waals surface area contributed by atoms with Gasteiger partial charge in [0, 0.05) is 44.0 Å². The van der Waals surface area contributed by atoms with Gasteiger partial charge in [0.25, 0.3) is 0 Å². The van der Waals surface area contributed by atoms with Crippen molar-refractivity contribution >= 4 is 15.8 Å². The number of hydrogen-bond donors (Lipinski definition) is 2. The van der Waals surface area contributed by atoms with Crippen molar-refractivity contribution in [3.8, 4) is 5.88 Å². The quantitative estimate of drug-likeness (QED) is 0.213. The van der Waals surface area contributed by atoms with Crippen LogP contribution in [0.2, 0.25) is 0 Å². The number of fused-ring (bicyclic) bond motifs is 7. The molecule has 2 heterocycles. The third-order valence-electron chi connectivity index (χ3n) is 18.6. The summed E-state index contributed by atoms with van der Waals surface area (Å²) < 4.78 is 30.1. The van der Waals surface area contributed by atoms with Gasteiger partial charge in [-0.3, -0.25) is 4.79 Å². The van der Waals surface area contributed by atoms with Crippen LogP contribution in [0.25, 0.3) is 0 Å². The van der Waals surface area contributed by atoms with Crippen molar-refractivity contribution in [1.29, 1.82) is 0 Å². The highest BCUT2D eigenvalue weighted by Crippen LogP contribution is 2.76. The fourth-order valence-corrected chi connectivity index (χ4v) is 16.8. The number of aromatic nitrogens is 1. The molecule has 8 rings (SSSR count). The summed E-state index contributed by atoms with van der Waals surface area (Å²) in [6.45, 7) is 23.3. The zero-order valence-corrected chi connectivity index (χ0v) is 37.3. The summed E-state index contributed by atoms with van der Waals surface area (Å²) in [6, 6.07) is 5.50. The average Bonchev–Trinajstić information content (AvgIpc) is 3.56. The van der Waals surface area contributed by atoms with Crippen LogP contribution >= 0.6 is 0 Å². The second-order valence-corrected chi connectivity index (χ2v) is 23.8. The lowest BCUT2D eigenvalue weighted by molar-refractivity contribution is -0.221. The van der Waals surface area contributed by atoms with E-state index in [1.54, 1.807) is 12.3 Å². The van der Waals surface area contributed by atoms with E-state index in [2.05, 4.69) is 75.5 Å². The number of carboxylic acid groups (broad SMARTS) is 1. The summed E-state index contributed by atoms with van der Waals surface area (Å²) in [5.41, 5.74) is 5.09. The first-order valence-corrected chi connectivity index (χ1v) is 24.8. The first-order valence-electron chi connectivity index (χ1n) is 23.0. The van der Waals surface area contributed by atoms with Crippen LogP contribution in [0.5, 0.6) is 5.88 Å². The van der Waals surface area contributed by atoms with Crippen LogP contribution in [0, 0.1) is 63.1 Å². The first kappa shape index (κ1) is 42.2. The number of nitrogens with one attached hydrogen (secondary N) is 1. The van der Waals surface area contributed by atoms with E-state index in [0.29, 0.717) is 60.1 Å². The van der Waals surface area contributed by atoms with Crippen molar-refractivity contribution < 1.29 is 23.1 Å². The Balaban J connectivity index is 1.02.